The molecule has 2 aromatic rings. The van der Waals surface area contributed by atoms with Crippen LogP contribution in [0.15, 0.2) is 0 Å². The Morgan fingerprint density at radius 3 is 2.59 bits per heavy atom. The van der Waals surface area contributed by atoms with Crippen LogP contribution in [0.4, 0.5) is 0 Å². The quantitative estimate of drug-likeness (QED) is 0.779. The lowest BCUT2D eigenvalue weighted by molar-refractivity contribution is 0.672. The maximum atomic E-state index is 6.29. The maximum absolute atomic E-state index is 6.29. The van der Waals surface area contributed by atoms with E-state index in [9.17, 15) is 0 Å². The highest BCUT2D eigenvalue weighted by Gasteiger charge is 2.22. The molecule has 1 aliphatic rings. The summed E-state index contributed by atoms with van der Waals surface area (Å²) in [5.74, 6) is 1.42. The second-order valence-corrected chi connectivity index (χ2v) is 5.31. The summed E-state index contributed by atoms with van der Waals surface area (Å²) in [5.41, 5.74) is 3.17. The highest BCUT2D eigenvalue weighted by atomic mass is 35.5. The number of nitrogens with zero attached hydrogens (tertiary/aromatic N) is 2. The second-order valence-electron chi connectivity index (χ2n) is 4.95. The number of hydrogen-bond acceptors (Lipinski definition) is 2. The minimum atomic E-state index is 0.501. The van der Waals surface area contributed by atoms with Crippen LogP contribution in [0.5, 0.6) is 0 Å². The highest BCUT2D eigenvalue weighted by Crippen LogP contribution is 2.34. The summed E-state index contributed by atoms with van der Waals surface area (Å²) in [6.45, 7) is 4.10. The fourth-order valence-electron chi connectivity index (χ4n) is 2.70. The van der Waals surface area contributed by atoms with Crippen LogP contribution in [0.2, 0.25) is 5.15 Å². The Labute approximate surface area is 106 Å². The van der Waals surface area contributed by atoms with Gasteiger partial charge in [0.25, 0.3) is 0 Å². The minimum Gasteiger partial charge on any atom is -0.343 e. The van der Waals surface area contributed by atoms with E-state index in [0.717, 1.165) is 28.1 Å². The van der Waals surface area contributed by atoms with Crippen molar-refractivity contribution in [3.8, 4) is 0 Å². The first-order valence-electron chi connectivity index (χ1n) is 6.19. The van der Waals surface area contributed by atoms with Gasteiger partial charge in [0.15, 0.2) is 0 Å². The first-order chi connectivity index (χ1) is 8.16. The molecule has 1 saturated carbocycles. The lowest BCUT2D eigenvalue weighted by Crippen LogP contribution is -2.01. The van der Waals surface area contributed by atoms with Crippen molar-refractivity contribution in [2.75, 3.05) is 0 Å². The van der Waals surface area contributed by atoms with E-state index >= 15 is 0 Å². The molecule has 3 rings (SSSR count). The Morgan fingerprint density at radius 2 is 1.88 bits per heavy atom. The molecule has 0 saturated heterocycles. The van der Waals surface area contributed by atoms with E-state index < -0.39 is 0 Å². The van der Waals surface area contributed by atoms with Crippen molar-refractivity contribution >= 4 is 22.6 Å². The van der Waals surface area contributed by atoms with E-state index in [1.807, 2.05) is 6.92 Å². The van der Waals surface area contributed by atoms with Gasteiger partial charge in [-0.05, 0) is 32.3 Å². The highest BCUT2D eigenvalue weighted by molar-refractivity contribution is 6.34. The predicted molar refractivity (Wildman–Crippen MR) is 69.6 cm³/mol. The molecule has 0 amide bonds. The Balaban J connectivity index is 2.16. The van der Waals surface area contributed by atoms with Crippen LogP contribution in [-0.2, 0) is 0 Å². The van der Waals surface area contributed by atoms with Gasteiger partial charge in [0.1, 0.15) is 16.6 Å². The lowest BCUT2D eigenvalue weighted by Gasteiger charge is -2.07. The third-order valence-corrected chi connectivity index (χ3v) is 4.12. The first kappa shape index (κ1) is 11.0. The van der Waals surface area contributed by atoms with Crippen LogP contribution < -0.4 is 0 Å². The summed E-state index contributed by atoms with van der Waals surface area (Å²) in [6, 6.07) is 0. The van der Waals surface area contributed by atoms with Gasteiger partial charge in [-0.25, -0.2) is 9.97 Å². The number of aromatic nitrogens is 3. The van der Waals surface area contributed by atoms with E-state index in [4.69, 9.17) is 11.6 Å². The molecule has 2 heterocycles. The minimum absolute atomic E-state index is 0.501. The van der Waals surface area contributed by atoms with Crippen LogP contribution in [0.1, 0.15) is 48.7 Å². The summed E-state index contributed by atoms with van der Waals surface area (Å²) in [7, 11) is 0. The zero-order valence-electron chi connectivity index (χ0n) is 10.2. The molecule has 1 aliphatic carbocycles. The molecule has 1 fully saturated rings. The largest absolute Gasteiger partial charge is 0.343 e. The molecule has 3 nitrogen and oxygen atoms in total. The summed E-state index contributed by atoms with van der Waals surface area (Å²) in [5, 5.41) is 1.57. The summed E-state index contributed by atoms with van der Waals surface area (Å²) in [6.07, 6.45) is 4.96. The summed E-state index contributed by atoms with van der Waals surface area (Å²) >= 11 is 6.29. The van der Waals surface area contributed by atoms with Crippen molar-refractivity contribution in [3.05, 3.63) is 22.2 Å². The van der Waals surface area contributed by atoms with E-state index in [0.29, 0.717) is 11.1 Å². The molecule has 1 N–H and O–H groups in total. The normalized spacial score (nSPS) is 17.1. The van der Waals surface area contributed by atoms with Crippen molar-refractivity contribution in [2.24, 2.45) is 0 Å². The van der Waals surface area contributed by atoms with Gasteiger partial charge in [0, 0.05) is 11.6 Å². The van der Waals surface area contributed by atoms with Crippen LogP contribution in [-0.4, -0.2) is 15.0 Å². The van der Waals surface area contributed by atoms with E-state index in [1.165, 1.54) is 25.7 Å². The third-order valence-electron chi connectivity index (χ3n) is 3.85. The molecular formula is C13H16ClN3. The summed E-state index contributed by atoms with van der Waals surface area (Å²) < 4.78 is 0. The van der Waals surface area contributed by atoms with Gasteiger partial charge in [-0.2, -0.15) is 0 Å². The molecule has 90 valence electrons. The van der Waals surface area contributed by atoms with Gasteiger partial charge in [-0.15, -0.1) is 0 Å². The number of rotatable bonds is 1. The van der Waals surface area contributed by atoms with Crippen molar-refractivity contribution in [1.82, 2.24) is 15.0 Å². The SMILES string of the molecule is Cc1[nH]c2nc(C3CCCC3)nc(Cl)c2c1C. The lowest BCUT2D eigenvalue weighted by atomic mass is 10.1. The zero-order chi connectivity index (χ0) is 12.0. The number of halogens is 1. The van der Waals surface area contributed by atoms with Crippen molar-refractivity contribution < 1.29 is 0 Å². The Morgan fingerprint density at radius 1 is 1.18 bits per heavy atom. The topological polar surface area (TPSA) is 41.6 Å². The van der Waals surface area contributed by atoms with E-state index in [2.05, 4.69) is 21.9 Å². The molecule has 0 bridgehead atoms. The molecule has 0 spiro atoms. The third kappa shape index (κ3) is 1.73. The number of aryl methyl sites for hydroxylation is 2. The first-order valence-corrected chi connectivity index (χ1v) is 6.57. The summed E-state index contributed by atoms with van der Waals surface area (Å²) in [4.78, 5) is 12.4. The molecule has 0 atom stereocenters. The molecule has 2 aromatic heterocycles. The Kier molecular flexibility index (Phi) is 2.58. The van der Waals surface area contributed by atoms with Crippen molar-refractivity contribution in [3.63, 3.8) is 0 Å². The van der Waals surface area contributed by atoms with E-state index in [1.54, 1.807) is 0 Å². The van der Waals surface area contributed by atoms with Gasteiger partial charge in [-0.3, -0.25) is 0 Å². The zero-order valence-corrected chi connectivity index (χ0v) is 10.9. The van der Waals surface area contributed by atoms with Gasteiger partial charge in [0.05, 0.1) is 5.39 Å². The van der Waals surface area contributed by atoms with Crippen LogP contribution in [0.25, 0.3) is 11.0 Å². The van der Waals surface area contributed by atoms with Gasteiger partial charge >= 0.3 is 0 Å². The van der Waals surface area contributed by atoms with Gasteiger partial charge in [0.2, 0.25) is 0 Å². The van der Waals surface area contributed by atoms with Crippen LogP contribution >= 0.6 is 11.6 Å². The number of hydrogen-bond donors (Lipinski definition) is 1. The monoisotopic (exact) mass is 249 g/mol. The van der Waals surface area contributed by atoms with Crippen molar-refractivity contribution in [1.29, 1.82) is 0 Å². The molecular weight excluding hydrogens is 234 g/mol. The maximum Gasteiger partial charge on any atom is 0.143 e. The smallest absolute Gasteiger partial charge is 0.143 e. The Hall–Kier alpha value is -1.09. The van der Waals surface area contributed by atoms with Gasteiger partial charge < -0.3 is 4.98 Å². The molecule has 4 heteroatoms. The molecule has 0 aromatic carbocycles. The predicted octanol–water partition coefficient (Wildman–Crippen LogP) is 3.89. The van der Waals surface area contributed by atoms with Gasteiger partial charge in [-0.1, -0.05) is 24.4 Å². The van der Waals surface area contributed by atoms with E-state index in [-0.39, 0.29) is 0 Å². The second kappa shape index (κ2) is 3.98. The molecule has 0 unspecified atom stereocenters. The molecule has 0 radical (unpaired) electrons. The standard InChI is InChI=1S/C13H16ClN3/c1-7-8(2)15-13-10(7)11(14)16-12(17-13)9-5-3-4-6-9/h9H,3-6H2,1-2H3,(H,15,16,17). The van der Waals surface area contributed by atoms with Crippen molar-refractivity contribution in [2.45, 2.75) is 45.4 Å². The number of aromatic amines is 1. The Bertz CT molecular complexity index is 568. The average molecular weight is 250 g/mol. The molecule has 17 heavy (non-hydrogen) atoms. The fourth-order valence-corrected chi connectivity index (χ4v) is 3.02. The number of H-pyrrole nitrogens is 1. The van der Waals surface area contributed by atoms with Crippen LogP contribution in [0.3, 0.4) is 0 Å². The average Bonchev–Trinajstić information content (AvgIpc) is 2.88. The van der Waals surface area contributed by atoms with Crippen LogP contribution in [0, 0.1) is 13.8 Å². The number of nitrogens with one attached hydrogen (secondary N) is 1. The number of fused-ring (bicyclic) bond motifs is 1. The molecule has 0 aliphatic heterocycles. The fraction of sp³-hybridized carbons (Fsp3) is 0.538.